The van der Waals surface area contributed by atoms with Crippen LogP contribution in [-0.4, -0.2) is 24.6 Å². The van der Waals surface area contributed by atoms with E-state index in [0.29, 0.717) is 0 Å². The van der Waals surface area contributed by atoms with Crippen molar-refractivity contribution in [2.24, 2.45) is 0 Å². The molecule has 0 saturated heterocycles. The first-order valence-corrected chi connectivity index (χ1v) is 4.12. The SMILES string of the molecule is COC(=O)c1cc(C(O)C(F)F)oc1C. The lowest BCUT2D eigenvalue weighted by atomic mass is 10.2. The number of carbonyl (C=O) groups excluding carboxylic acids is 1. The van der Waals surface area contributed by atoms with Gasteiger partial charge in [-0.25, -0.2) is 13.6 Å². The maximum Gasteiger partial charge on any atom is 0.341 e. The summed E-state index contributed by atoms with van der Waals surface area (Å²) in [4.78, 5) is 11.1. The normalized spacial score (nSPS) is 12.9. The fraction of sp³-hybridized carbons (Fsp3) is 0.444. The van der Waals surface area contributed by atoms with Crippen molar-refractivity contribution >= 4 is 5.97 Å². The predicted molar refractivity (Wildman–Crippen MR) is 45.7 cm³/mol. The summed E-state index contributed by atoms with van der Waals surface area (Å²) in [6.07, 6.45) is -4.98. The topological polar surface area (TPSA) is 59.7 Å². The highest BCUT2D eigenvalue weighted by atomic mass is 19.3. The monoisotopic (exact) mass is 220 g/mol. The maximum absolute atomic E-state index is 12.1. The van der Waals surface area contributed by atoms with Gasteiger partial charge in [-0.1, -0.05) is 0 Å². The maximum atomic E-state index is 12.1. The van der Waals surface area contributed by atoms with Crippen molar-refractivity contribution in [1.29, 1.82) is 0 Å². The van der Waals surface area contributed by atoms with Crippen LogP contribution in [0.5, 0.6) is 0 Å². The van der Waals surface area contributed by atoms with E-state index in [1.165, 1.54) is 6.92 Å². The van der Waals surface area contributed by atoms with Crippen LogP contribution in [0.1, 0.15) is 28.0 Å². The molecule has 1 aromatic rings. The molecule has 0 aliphatic rings. The highest BCUT2D eigenvalue weighted by molar-refractivity contribution is 5.90. The van der Waals surface area contributed by atoms with Gasteiger partial charge in [-0.05, 0) is 13.0 Å². The highest BCUT2D eigenvalue weighted by Crippen LogP contribution is 2.25. The Balaban J connectivity index is 3.00. The largest absolute Gasteiger partial charge is 0.465 e. The summed E-state index contributed by atoms with van der Waals surface area (Å²) >= 11 is 0. The Bertz CT molecular complexity index is 359. The van der Waals surface area contributed by atoms with Gasteiger partial charge in [0, 0.05) is 0 Å². The zero-order chi connectivity index (χ0) is 11.6. The average Bonchev–Trinajstić information content (AvgIpc) is 2.57. The van der Waals surface area contributed by atoms with Crippen LogP contribution in [0.3, 0.4) is 0 Å². The van der Waals surface area contributed by atoms with Crippen LogP contribution in [0.25, 0.3) is 0 Å². The van der Waals surface area contributed by atoms with Crippen molar-refractivity contribution in [3.63, 3.8) is 0 Å². The molecule has 1 heterocycles. The van der Waals surface area contributed by atoms with Crippen LogP contribution >= 0.6 is 0 Å². The van der Waals surface area contributed by atoms with E-state index in [9.17, 15) is 13.6 Å². The molecule has 0 spiro atoms. The number of aliphatic hydroxyl groups excluding tert-OH is 1. The molecule has 1 atom stereocenters. The number of aliphatic hydroxyl groups is 1. The molecule has 1 unspecified atom stereocenters. The average molecular weight is 220 g/mol. The van der Waals surface area contributed by atoms with Crippen molar-refractivity contribution in [1.82, 2.24) is 0 Å². The minimum absolute atomic E-state index is 0.0344. The van der Waals surface area contributed by atoms with Crippen LogP contribution < -0.4 is 0 Å². The third-order valence-corrected chi connectivity index (χ3v) is 1.87. The lowest BCUT2D eigenvalue weighted by Gasteiger charge is -2.04. The third kappa shape index (κ3) is 2.33. The molecular formula is C9H10F2O4. The molecule has 0 fully saturated rings. The Hall–Kier alpha value is -1.43. The van der Waals surface area contributed by atoms with Gasteiger partial charge in [0.25, 0.3) is 6.43 Å². The van der Waals surface area contributed by atoms with Crippen molar-refractivity contribution in [2.45, 2.75) is 19.5 Å². The molecule has 4 nitrogen and oxygen atoms in total. The molecule has 0 bridgehead atoms. The number of rotatable bonds is 3. The van der Waals surface area contributed by atoms with Gasteiger partial charge in [-0.15, -0.1) is 0 Å². The Morgan fingerprint density at radius 1 is 1.60 bits per heavy atom. The second-order valence-electron chi connectivity index (χ2n) is 2.89. The van der Waals surface area contributed by atoms with Crippen molar-refractivity contribution in [2.75, 3.05) is 7.11 Å². The first-order chi connectivity index (χ1) is 6.97. The molecule has 0 aromatic carbocycles. The molecule has 0 aliphatic heterocycles. The molecule has 0 amide bonds. The van der Waals surface area contributed by atoms with Gasteiger partial charge < -0.3 is 14.3 Å². The van der Waals surface area contributed by atoms with E-state index in [-0.39, 0.29) is 17.1 Å². The zero-order valence-corrected chi connectivity index (χ0v) is 8.16. The van der Waals surface area contributed by atoms with Crippen molar-refractivity contribution in [3.8, 4) is 0 Å². The van der Waals surface area contributed by atoms with Crippen LogP contribution in [0.4, 0.5) is 8.78 Å². The van der Waals surface area contributed by atoms with Crippen LogP contribution in [-0.2, 0) is 4.74 Å². The number of furan rings is 1. The number of hydrogen-bond donors (Lipinski definition) is 1. The van der Waals surface area contributed by atoms with E-state index in [4.69, 9.17) is 9.52 Å². The second-order valence-corrected chi connectivity index (χ2v) is 2.89. The summed E-state index contributed by atoms with van der Waals surface area (Å²) in [5.74, 6) is -0.900. The van der Waals surface area contributed by atoms with Gasteiger partial charge >= 0.3 is 5.97 Å². The molecule has 1 aromatic heterocycles. The number of methoxy groups -OCH3 is 1. The number of esters is 1. The first-order valence-electron chi connectivity index (χ1n) is 4.12. The number of halogens is 2. The van der Waals surface area contributed by atoms with E-state index >= 15 is 0 Å². The Morgan fingerprint density at radius 3 is 2.67 bits per heavy atom. The number of carbonyl (C=O) groups is 1. The van der Waals surface area contributed by atoms with E-state index in [1.54, 1.807) is 0 Å². The van der Waals surface area contributed by atoms with Crippen LogP contribution in [0.2, 0.25) is 0 Å². The lowest BCUT2D eigenvalue weighted by molar-refractivity contribution is -0.0180. The predicted octanol–water partition coefficient (Wildman–Crippen LogP) is 1.67. The molecule has 1 N–H and O–H groups in total. The minimum atomic E-state index is -2.96. The summed E-state index contributed by atoms with van der Waals surface area (Å²) in [7, 11) is 1.16. The van der Waals surface area contributed by atoms with Gasteiger partial charge in [0.1, 0.15) is 17.1 Å². The van der Waals surface area contributed by atoms with E-state index in [1.807, 2.05) is 0 Å². The summed E-state index contributed by atoms with van der Waals surface area (Å²) in [5, 5.41) is 8.99. The van der Waals surface area contributed by atoms with Crippen molar-refractivity contribution < 1.29 is 27.8 Å². The molecular weight excluding hydrogens is 210 g/mol. The van der Waals surface area contributed by atoms with Gasteiger partial charge in [-0.3, -0.25) is 0 Å². The molecule has 84 valence electrons. The van der Waals surface area contributed by atoms with Crippen LogP contribution in [0, 0.1) is 6.92 Å². The third-order valence-electron chi connectivity index (χ3n) is 1.87. The Labute approximate surface area is 84.5 Å². The van der Waals surface area contributed by atoms with Gasteiger partial charge in [0.2, 0.25) is 0 Å². The summed E-state index contributed by atoms with van der Waals surface area (Å²) in [6.45, 7) is 1.42. The fourth-order valence-corrected chi connectivity index (χ4v) is 1.09. The van der Waals surface area contributed by atoms with Gasteiger partial charge in [0.05, 0.1) is 7.11 Å². The molecule has 6 heteroatoms. The first kappa shape index (κ1) is 11.6. The van der Waals surface area contributed by atoms with Gasteiger partial charge in [0.15, 0.2) is 6.10 Å². The molecule has 1 rings (SSSR count). The molecule has 15 heavy (non-hydrogen) atoms. The number of aryl methyl sites for hydroxylation is 1. The number of hydrogen-bond acceptors (Lipinski definition) is 4. The smallest absolute Gasteiger partial charge is 0.341 e. The second kappa shape index (κ2) is 4.39. The molecule has 0 radical (unpaired) electrons. The van der Waals surface area contributed by atoms with E-state index in [2.05, 4.69) is 4.74 Å². The molecule has 0 aliphatic carbocycles. The van der Waals surface area contributed by atoms with E-state index in [0.717, 1.165) is 13.2 Å². The number of alkyl halides is 2. The van der Waals surface area contributed by atoms with Gasteiger partial charge in [-0.2, -0.15) is 0 Å². The standard InChI is InChI=1S/C9H10F2O4/c1-4-5(9(13)14-2)3-6(15-4)7(12)8(10)11/h3,7-8,12H,1-2H3. The summed E-state index contributed by atoms with van der Waals surface area (Å²) in [5.41, 5.74) is 0.0344. The molecule has 0 saturated carbocycles. The highest BCUT2D eigenvalue weighted by Gasteiger charge is 2.25. The quantitative estimate of drug-likeness (QED) is 0.787. The Kier molecular flexibility index (Phi) is 3.41. The van der Waals surface area contributed by atoms with Crippen molar-refractivity contribution in [3.05, 3.63) is 23.2 Å². The minimum Gasteiger partial charge on any atom is -0.465 e. The summed E-state index contributed by atoms with van der Waals surface area (Å²) in [6, 6.07) is 1.05. The lowest BCUT2D eigenvalue weighted by Crippen LogP contribution is -2.06. The summed E-state index contributed by atoms with van der Waals surface area (Å²) < 4.78 is 33.5. The zero-order valence-electron chi connectivity index (χ0n) is 8.16. The fourth-order valence-electron chi connectivity index (χ4n) is 1.09. The van der Waals surface area contributed by atoms with E-state index < -0.39 is 18.5 Å². The van der Waals surface area contributed by atoms with Crippen LogP contribution in [0.15, 0.2) is 10.5 Å². The Morgan fingerprint density at radius 2 is 2.20 bits per heavy atom. The number of ether oxygens (including phenoxy) is 1.